The molecule has 3 aromatic rings. The molecule has 152 valence electrons. The van der Waals surface area contributed by atoms with Crippen molar-refractivity contribution < 1.29 is 5.11 Å². The number of aromatic nitrogens is 3. The molecule has 9 nitrogen and oxygen atoms in total. The van der Waals surface area contributed by atoms with Crippen LogP contribution in [0.15, 0.2) is 48.5 Å². The average Bonchev–Trinajstić information content (AvgIpc) is 2.72. The number of aliphatic hydroxyl groups excluding tert-OH is 1. The van der Waals surface area contributed by atoms with E-state index in [-0.39, 0.29) is 0 Å². The van der Waals surface area contributed by atoms with Gasteiger partial charge in [-0.1, -0.05) is 12.1 Å². The van der Waals surface area contributed by atoms with Gasteiger partial charge < -0.3 is 31.7 Å². The van der Waals surface area contributed by atoms with Gasteiger partial charge >= 0.3 is 0 Å². The van der Waals surface area contributed by atoms with E-state index in [2.05, 4.69) is 41.5 Å². The first kappa shape index (κ1) is 20.2. The van der Waals surface area contributed by atoms with Crippen molar-refractivity contribution in [2.45, 2.75) is 13.0 Å². The molecule has 0 aliphatic heterocycles. The van der Waals surface area contributed by atoms with Gasteiger partial charge in [0.2, 0.25) is 17.8 Å². The van der Waals surface area contributed by atoms with Crippen molar-refractivity contribution in [3.05, 3.63) is 48.5 Å². The predicted molar refractivity (Wildman–Crippen MR) is 119 cm³/mol. The standard InChI is InChI=1S/C20H26N8O/c1-13(29)12-23-18-26-19(24-16-8-4-6-14(10-16)21-2)28-20(27-18)25-17-9-5-7-15(11-17)22-3/h4-11,13,21-22,29H,12H2,1-3H3,(H3,23,24,25,26,27,28). The fourth-order valence-electron chi connectivity index (χ4n) is 2.57. The highest BCUT2D eigenvalue weighted by atomic mass is 16.3. The molecule has 0 saturated heterocycles. The zero-order valence-corrected chi connectivity index (χ0v) is 16.7. The lowest BCUT2D eigenvalue weighted by Gasteiger charge is -2.13. The lowest BCUT2D eigenvalue weighted by atomic mass is 10.3. The zero-order chi connectivity index (χ0) is 20.6. The highest BCUT2D eigenvalue weighted by Gasteiger charge is 2.09. The van der Waals surface area contributed by atoms with Crippen LogP contribution in [0.1, 0.15) is 6.92 Å². The highest BCUT2D eigenvalue weighted by Crippen LogP contribution is 2.22. The van der Waals surface area contributed by atoms with Crippen molar-refractivity contribution in [1.82, 2.24) is 15.0 Å². The van der Waals surface area contributed by atoms with Crippen molar-refractivity contribution >= 4 is 40.6 Å². The summed E-state index contributed by atoms with van der Waals surface area (Å²) in [6.07, 6.45) is -0.529. The van der Waals surface area contributed by atoms with E-state index < -0.39 is 6.10 Å². The number of nitrogens with zero attached hydrogens (tertiary/aromatic N) is 3. The molecule has 0 spiro atoms. The van der Waals surface area contributed by atoms with Crippen LogP contribution in [0.5, 0.6) is 0 Å². The fourth-order valence-corrected chi connectivity index (χ4v) is 2.57. The molecule has 9 heteroatoms. The maximum atomic E-state index is 9.56. The number of rotatable bonds is 9. The molecule has 0 radical (unpaired) electrons. The molecule has 0 aliphatic carbocycles. The van der Waals surface area contributed by atoms with Gasteiger partial charge in [-0.2, -0.15) is 15.0 Å². The summed E-state index contributed by atoms with van der Waals surface area (Å²) in [5.74, 6) is 1.13. The Morgan fingerprint density at radius 3 is 1.66 bits per heavy atom. The Bertz CT molecular complexity index is 880. The minimum atomic E-state index is -0.529. The van der Waals surface area contributed by atoms with E-state index in [0.29, 0.717) is 24.4 Å². The highest BCUT2D eigenvalue weighted by molar-refractivity contribution is 5.64. The van der Waals surface area contributed by atoms with Gasteiger partial charge in [0.15, 0.2) is 0 Å². The smallest absolute Gasteiger partial charge is 0.233 e. The predicted octanol–water partition coefficient (Wildman–Crippen LogP) is 3.23. The molecular weight excluding hydrogens is 368 g/mol. The summed E-state index contributed by atoms with van der Waals surface area (Å²) < 4.78 is 0. The molecular formula is C20H26N8O. The monoisotopic (exact) mass is 394 g/mol. The summed E-state index contributed by atoms with van der Waals surface area (Å²) >= 11 is 0. The van der Waals surface area contributed by atoms with Gasteiger partial charge in [-0.05, 0) is 43.3 Å². The Balaban J connectivity index is 1.87. The van der Waals surface area contributed by atoms with E-state index in [0.717, 1.165) is 22.7 Å². The molecule has 1 atom stereocenters. The Morgan fingerprint density at radius 2 is 1.21 bits per heavy atom. The summed E-state index contributed by atoms with van der Waals surface area (Å²) in [7, 11) is 3.73. The maximum Gasteiger partial charge on any atom is 0.233 e. The van der Waals surface area contributed by atoms with E-state index >= 15 is 0 Å². The number of benzene rings is 2. The minimum Gasteiger partial charge on any atom is -0.392 e. The average molecular weight is 394 g/mol. The van der Waals surface area contributed by atoms with Crippen LogP contribution in [0.3, 0.4) is 0 Å². The molecule has 2 aromatic carbocycles. The summed E-state index contributed by atoms with van der Waals surface area (Å²) in [5, 5.41) is 25.2. The Kier molecular flexibility index (Phi) is 6.64. The minimum absolute atomic E-state index is 0.327. The number of anilines is 7. The molecule has 29 heavy (non-hydrogen) atoms. The van der Waals surface area contributed by atoms with Gasteiger partial charge in [0.25, 0.3) is 0 Å². The molecule has 1 heterocycles. The van der Waals surface area contributed by atoms with Crippen LogP contribution in [-0.2, 0) is 0 Å². The second-order valence-electron chi connectivity index (χ2n) is 6.45. The van der Waals surface area contributed by atoms with Gasteiger partial charge in [-0.25, -0.2) is 0 Å². The SMILES string of the molecule is CNc1cccc(Nc2nc(NCC(C)O)nc(Nc3cccc(NC)c3)n2)c1. The van der Waals surface area contributed by atoms with Gasteiger partial charge in [-0.3, -0.25) is 0 Å². The molecule has 0 saturated carbocycles. The van der Waals surface area contributed by atoms with Crippen LogP contribution in [0.2, 0.25) is 0 Å². The van der Waals surface area contributed by atoms with Crippen LogP contribution >= 0.6 is 0 Å². The normalized spacial score (nSPS) is 11.4. The second-order valence-corrected chi connectivity index (χ2v) is 6.45. The van der Waals surface area contributed by atoms with Crippen molar-refractivity contribution in [3.8, 4) is 0 Å². The molecule has 0 aliphatic rings. The van der Waals surface area contributed by atoms with Crippen LogP contribution in [0.25, 0.3) is 0 Å². The molecule has 0 fully saturated rings. The molecule has 0 bridgehead atoms. The third kappa shape index (κ3) is 5.94. The third-order valence-electron chi connectivity index (χ3n) is 4.01. The van der Waals surface area contributed by atoms with Crippen molar-refractivity contribution in [2.75, 3.05) is 47.2 Å². The van der Waals surface area contributed by atoms with Gasteiger partial charge in [-0.15, -0.1) is 0 Å². The van der Waals surface area contributed by atoms with Crippen molar-refractivity contribution in [1.29, 1.82) is 0 Å². The third-order valence-corrected chi connectivity index (χ3v) is 4.01. The van der Waals surface area contributed by atoms with Crippen molar-refractivity contribution in [2.24, 2.45) is 0 Å². The largest absolute Gasteiger partial charge is 0.392 e. The summed E-state index contributed by atoms with van der Waals surface area (Å²) in [6, 6.07) is 15.6. The Morgan fingerprint density at radius 1 is 0.759 bits per heavy atom. The molecule has 0 amide bonds. The first-order chi connectivity index (χ1) is 14.1. The van der Waals surface area contributed by atoms with Gasteiger partial charge in [0, 0.05) is 43.4 Å². The van der Waals surface area contributed by atoms with E-state index in [9.17, 15) is 5.11 Å². The van der Waals surface area contributed by atoms with Crippen LogP contribution < -0.4 is 26.6 Å². The lowest BCUT2D eigenvalue weighted by molar-refractivity contribution is 0.208. The number of aliphatic hydroxyl groups is 1. The van der Waals surface area contributed by atoms with Gasteiger partial charge in [0.05, 0.1) is 6.10 Å². The van der Waals surface area contributed by atoms with E-state index in [1.165, 1.54) is 0 Å². The molecule has 6 N–H and O–H groups in total. The number of hydrogen-bond acceptors (Lipinski definition) is 9. The number of nitrogens with one attached hydrogen (secondary N) is 5. The molecule has 1 aromatic heterocycles. The molecule has 1 unspecified atom stereocenters. The van der Waals surface area contributed by atoms with Gasteiger partial charge in [0.1, 0.15) is 0 Å². The first-order valence-electron chi connectivity index (χ1n) is 9.33. The van der Waals surface area contributed by atoms with Crippen molar-refractivity contribution in [3.63, 3.8) is 0 Å². The topological polar surface area (TPSA) is 119 Å². The maximum absolute atomic E-state index is 9.56. The second kappa shape index (κ2) is 9.56. The number of hydrogen-bond donors (Lipinski definition) is 6. The Hall–Kier alpha value is -3.59. The lowest BCUT2D eigenvalue weighted by Crippen LogP contribution is -2.18. The van der Waals surface area contributed by atoms with Crippen LogP contribution in [-0.4, -0.2) is 46.8 Å². The fraction of sp³-hybridized carbons (Fsp3) is 0.250. The van der Waals surface area contributed by atoms with Crippen LogP contribution in [0.4, 0.5) is 40.6 Å². The summed E-state index contributed by atoms with van der Waals surface area (Å²) in [4.78, 5) is 13.3. The summed E-state index contributed by atoms with van der Waals surface area (Å²) in [5.41, 5.74) is 3.62. The zero-order valence-electron chi connectivity index (χ0n) is 16.7. The molecule has 3 rings (SSSR count). The quantitative estimate of drug-likeness (QED) is 0.325. The van der Waals surface area contributed by atoms with E-state index in [1.54, 1.807) is 6.92 Å². The van der Waals surface area contributed by atoms with Crippen LogP contribution in [0, 0.1) is 0 Å². The summed E-state index contributed by atoms with van der Waals surface area (Å²) in [6.45, 7) is 2.02. The Labute approximate surface area is 170 Å². The first-order valence-corrected chi connectivity index (χ1v) is 9.33. The van der Waals surface area contributed by atoms with E-state index in [1.807, 2.05) is 62.6 Å². The van der Waals surface area contributed by atoms with E-state index in [4.69, 9.17) is 0 Å².